The van der Waals surface area contributed by atoms with Crippen LogP contribution in [0.3, 0.4) is 0 Å². The van der Waals surface area contributed by atoms with Crippen LogP contribution in [0.5, 0.6) is 0 Å². The van der Waals surface area contributed by atoms with E-state index in [1.165, 1.54) is 18.9 Å². The van der Waals surface area contributed by atoms with Gasteiger partial charge in [0, 0.05) is 6.07 Å². The predicted molar refractivity (Wildman–Crippen MR) is 92.5 cm³/mol. The number of esters is 1. The first-order valence-corrected chi connectivity index (χ1v) is 8.51. The molecule has 3 rings (SSSR count). The molecule has 1 aliphatic rings. The summed E-state index contributed by atoms with van der Waals surface area (Å²) in [4.78, 5) is 28.6. The zero-order valence-electron chi connectivity index (χ0n) is 14.7. The molecule has 1 N–H and O–H groups in total. The van der Waals surface area contributed by atoms with Crippen molar-refractivity contribution in [3.8, 4) is 0 Å². The van der Waals surface area contributed by atoms with Gasteiger partial charge in [-0.1, -0.05) is 0 Å². The fourth-order valence-corrected chi connectivity index (χ4v) is 2.81. The van der Waals surface area contributed by atoms with Gasteiger partial charge in [-0.05, 0) is 51.7 Å². The Kier molecular flexibility index (Phi) is 4.83. The Balaban J connectivity index is 1.75. The van der Waals surface area contributed by atoms with Crippen molar-refractivity contribution in [2.24, 2.45) is 5.92 Å². The van der Waals surface area contributed by atoms with Crippen molar-refractivity contribution in [3.63, 3.8) is 0 Å². The molecule has 0 saturated heterocycles. The van der Waals surface area contributed by atoms with Crippen LogP contribution in [0.4, 0.5) is 5.82 Å². The minimum atomic E-state index is -0.434. The largest absolute Gasteiger partial charge is 0.462 e. The van der Waals surface area contributed by atoms with Crippen molar-refractivity contribution in [3.05, 3.63) is 41.3 Å². The van der Waals surface area contributed by atoms with Crippen LogP contribution < -0.4 is 5.32 Å². The third kappa shape index (κ3) is 3.70. The van der Waals surface area contributed by atoms with E-state index in [4.69, 9.17) is 4.74 Å². The summed E-state index contributed by atoms with van der Waals surface area (Å²) in [6.07, 6.45) is 4.08. The summed E-state index contributed by atoms with van der Waals surface area (Å²) >= 11 is 0. The number of amides is 1. The number of carbonyl (C=O) groups is 2. The zero-order valence-corrected chi connectivity index (χ0v) is 14.7. The van der Waals surface area contributed by atoms with Gasteiger partial charge in [-0.3, -0.25) is 4.79 Å². The summed E-state index contributed by atoms with van der Waals surface area (Å²) in [6, 6.07) is 5.13. The number of pyridine rings is 1. The molecule has 25 heavy (non-hydrogen) atoms. The second kappa shape index (κ2) is 7.04. The molecule has 0 aromatic carbocycles. The van der Waals surface area contributed by atoms with Crippen LogP contribution in [0, 0.1) is 12.8 Å². The number of nitrogens with one attached hydrogen (secondary N) is 1. The van der Waals surface area contributed by atoms with Crippen LogP contribution in [-0.4, -0.2) is 33.2 Å². The highest BCUT2D eigenvalue weighted by atomic mass is 16.5. The van der Waals surface area contributed by atoms with Crippen LogP contribution in [0.25, 0.3) is 0 Å². The molecule has 132 valence electrons. The van der Waals surface area contributed by atoms with Gasteiger partial charge in [0.15, 0.2) is 0 Å². The minimum Gasteiger partial charge on any atom is -0.462 e. The molecule has 0 bridgehead atoms. The van der Waals surface area contributed by atoms with E-state index in [2.05, 4.69) is 22.3 Å². The van der Waals surface area contributed by atoms with Gasteiger partial charge in [-0.2, -0.15) is 5.10 Å². The molecule has 2 heterocycles. The number of hydrogen-bond donors (Lipinski definition) is 1. The van der Waals surface area contributed by atoms with Gasteiger partial charge in [0.1, 0.15) is 11.5 Å². The molecular formula is C18H22N4O3. The SMILES string of the molecule is CCOC(=O)c1ccc(C(=O)Nc2ccnn2[C@@H](C)C2CC2)nc1C. The van der Waals surface area contributed by atoms with E-state index in [0.717, 1.165) is 0 Å². The Hall–Kier alpha value is -2.70. The summed E-state index contributed by atoms with van der Waals surface area (Å²) in [7, 11) is 0. The van der Waals surface area contributed by atoms with E-state index < -0.39 is 5.97 Å². The molecular weight excluding hydrogens is 320 g/mol. The molecule has 1 atom stereocenters. The van der Waals surface area contributed by atoms with Crippen molar-refractivity contribution >= 4 is 17.7 Å². The quantitative estimate of drug-likeness (QED) is 0.816. The van der Waals surface area contributed by atoms with Gasteiger partial charge >= 0.3 is 5.97 Å². The summed E-state index contributed by atoms with van der Waals surface area (Å²) < 4.78 is 6.82. The van der Waals surface area contributed by atoms with Crippen molar-refractivity contribution in [2.45, 2.75) is 39.7 Å². The van der Waals surface area contributed by atoms with E-state index >= 15 is 0 Å². The second-order valence-corrected chi connectivity index (χ2v) is 6.24. The number of hydrogen-bond acceptors (Lipinski definition) is 5. The number of nitrogens with zero attached hydrogens (tertiary/aromatic N) is 3. The lowest BCUT2D eigenvalue weighted by molar-refractivity contribution is 0.0524. The van der Waals surface area contributed by atoms with Crippen LogP contribution in [-0.2, 0) is 4.74 Å². The Morgan fingerprint density at radius 2 is 2.12 bits per heavy atom. The molecule has 1 saturated carbocycles. The molecule has 1 fully saturated rings. The van der Waals surface area contributed by atoms with Crippen LogP contribution in [0.2, 0.25) is 0 Å². The zero-order chi connectivity index (χ0) is 18.0. The molecule has 0 spiro atoms. The van der Waals surface area contributed by atoms with E-state index in [9.17, 15) is 9.59 Å². The predicted octanol–water partition coefficient (Wildman–Crippen LogP) is 2.99. The summed E-state index contributed by atoms with van der Waals surface area (Å²) in [5, 5.41) is 7.17. The molecule has 0 aliphatic heterocycles. The first-order chi connectivity index (χ1) is 12.0. The Morgan fingerprint density at radius 1 is 1.36 bits per heavy atom. The normalized spacial score (nSPS) is 14.8. The second-order valence-electron chi connectivity index (χ2n) is 6.24. The first-order valence-electron chi connectivity index (χ1n) is 8.51. The smallest absolute Gasteiger partial charge is 0.339 e. The highest BCUT2D eigenvalue weighted by Crippen LogP contribution is 2.40. The monoisotopic (exact) mass is 342 g/mol. The highest BCUT2D eigenvalue weighted by molar-refractivity contribution is 6.03. The Labute approximate surface area is 146 Å². The van der Waals surface area contributed by atoms with Crippen molar-refractivity contribution in [1.29, 1.82) is 0 Å². The lowest BCUT2D eigenvalue weighted by Gasteiger charge is -2.15. The fraction of sp³-hybridized carbons (Fsp3) is 0.444. The molecule has 2 aromatic rings. The minimum absolute atomic E-state index is 0.248. The molecule has 7 nitrogen and oxygen atoms in total. The number of ether oxygens (including phenoxy) is 1. The van der Waals surface area contributed by atoms with E-state index in [-0.39, 0.29) is 17.6 Å². The van der Waals surface area contributed by atoms with Gasteiger partial charge in [-0.25, -0.2) is 14.5 Å². The van der Waals surface area contributed by atoms with Gasteiger partial charge in [0.2, 0.25) is 0 Å². The Bertz CT molecular complexity index is 795. The lowest BCUT2D eigenvalue weighted by atomic mass is 10.2. The number of carbonyl (C=O) groups excluding carboxylic acids is 2. The van der Waals surface area contributed by atoms with Gasteiger partial charge in [0.25, 0.3) is 5.91 Å². The van der Waals surface area contributed by atoms with E-state index in [1.807, 2.05) is 4.68 Å². The lowest BCUT2D eigenvalue weighted by Crippen LogP contribution is -2.20. The average molecular weight is 342 g/mol. The van der Waals surface area contributed by atoms with E-state index in [1.54, 1.807) is 32.2 Å². The number of anilines is 1. The number of aromatic nitrogens is 3. The number of rotatable bonds is 6. The highest BCUT2D eigenvalue weighted by Gasteiger charge is 2.31. The van der Waals surface area contributed by atoms with Crippen LogP contribution in [0.1, 0.15) is 59.3 Å². The summed E-state index contributed by atoms with van der Waals surface area (Å²) in [6.45, 7) is 5.83. The maximum Gasteiger partial charge on any atom is 0.339 e. The van der Waals surface area contributed by atoms with Crippen LogP contribution >= 0.6 is 0 Å². The van der Waals surface area contributed by atoms with Crippen molar-refractivity contribution in [2.75, 3.05) is 11.9 Å². The average Bonchev–Trinajstić information content (AvgIpc) is 3.34. The summed E-state index contributed by atoms with van der Waals surface area (Å²) in [5.74, 6) is 0.511. The molecule has 2 aromatic heterocycles. The Morgan fingerprint density at radius 3 is 2.76 bits per heavy atom. The fourth-order valence-electron chi connectivity index (χ4n) is 2.81. The summed E-state index contributed by atoms with van der Waals surface area (Å²) in [5.41, 5.74) is 1.08. The third-order valence-electron chi connectivity index (χ3n) is 4.42. The van der Waals surface area contributed by atoms with Gasteiger partial charge < -0.3 is 10.1 Å². The molecule has 0 radical (unpaired) electrons. The van der Waals surface area contributed by atoms with Crippen LogP contribution in [0.15, 0.2) is 24.4 Å². The maximum absolute atomic E-state index is 12.5. The molecule has 1 amide bonds. The third-order valence-corrected chi connectivity index (χ3v) is 4.42. The number of aryl methyl sites for hydroxylation is 1. The van der Waals surface area contributed by atoms with E-state index in [0.29, 0.717) is 29.6 Å². The van der Waals surface area contributed by atoms with Crippen molar-refractivity contribution < 1.29 is 14.3 Å². The molecule has 0 unspecified atom stereocenters. The molecule has 1 aliphatic carbocycles. The first kappa shape index (κ1) is 17.1. The van der Waals surface area contributed by atoms with Gasteiger partial charge in [-0.15, -0.1) is 0 Å². The van der Waals surface area contributed by atoms with Crippen molar-refractivity contribution in [1.82, 2.24) is 14.8 Å². The maximum atomic E-state index is 12.5. The molecule has 7 heteroatoms. The topological polar surface area (TPSA) is 86.1 Å². The standard InChI is InChI=1S/C18H22N4O3/c1-4-25-18(24)14-7-8-15(20-11(14)2)17(23)21-16-9-10-19-22(16)12(3)13-5-6-13/h7-10,12-13H,4-6H2,1-3H3,(H,21,23)/t12-/m0/s1. The van der Waals surface area contributed by atoms with Gasteiger partial charge in [0.05, 0.1) is 30.1 Å².